The van der Waals surface area contributed by atoms with Crippen LogP contribution in [0.5, 0.6) is 5.75 Å². The van der Waals surface area contributed by atoms with Crippen molar-refractivity contribution in [2.24, 2.45) is 0 Å². The van der Waals surface area contributed by atoms with Crippen molar-refractivity contribution >= 4 is 16.9 Å². The Kier molecular flexibility index (Phi) is 10.4. The van der Waals surface area contributed by atoms with Crippen LogP contribution in [-0.4, -0.2) is 49.8 Å². The van der Waals surface area contributed by atoms with E-state index in [1.165, 1.54) is 17.2 Å². The third kappa shape index (κ3) is 7.87. The molecule has 7 heteroatoms. The Morgan fingerprint density at radius 1 is 0.905 bits per heavy atom. The molecule has 0 amide bonds. The summed E-state index contributed by atoms with van der Waals surface area (Å²) in [5.41, 5.74) is 2.42. The van der Waals surface area contributed by atoms with Crippen LogP contribution in [0.1, 0.15) is 66.8 Å². The fourth-order valence-corrected chi connectivity index (χ4v) is 5.40. The monoisotopic (exact) mass is 569 g/mol. The number of fused-ring (bicyclic) bond motifs is 1. The first-order valence-corrected chi connectivity index (χ1v) is 15.0. The summed E-state index contributed by atoms with van der Waals surface area (Å²) in [5, 5.41) is 0.403. The molecule has 0 unspecified atom stereocenters. The summed E-state index contributed by atoms with van der Waals surface area (Å²) in [5.74, 6) is -0.143. The molecule has 4 aromatic rings. The minimum Gasteiger partial charge on any atom is -0.493 e. The second-order valence-corrected chi connectivity index (χ2v) is 10.6. The number of nitrogens with zero attached hydrogens (tertiary/aromatic N) is 1. The Morgan fingerprint density at radius 3 is 2.26 bits per heavy atom. The zero-order chi connectivity index (χ0) is 29.1. The minimum atomic E-state index is -0.650. The minimum absolute atomic E-state index is 0.0396. The molecule has 2 heterocycles. The number of unbranched alkanes of at least 4 members (excludes halogenated alkanes) is 2. The van der Waals surface area contributed by atoms with Crippen molar-refractivity contribution in [1.29, 1.82) is 0 Å². The standard InChI is InChI=1S/C35H39NO6/c1-2-39-35(38)33-25-31(37)30-17-16-29(24-32(30)42-33)40-23-11-5-10-20-36-21-18-28(19-22-36)41-34(26-12-6-3-7-13-26)27-14-8-4-9-15-27/h3-4,6-9,12-17,24-25,28,34H,2,5,10-11,18-23H2,1H3. The Hall–Kier alpha value is -3.94. The van der Waals surface area contributed by atoms with Gasteiger partial charge in [-0.15, -0.1) is 0 Å². The molecule has 1 aliphatic heterocycles. The van der Waals surface area contributed by atoms with Gasteiger partial charge in [0.25, 0.3) is 0 Å². The quantitative estimate of drug-likeness (QED) is 0.130. The fourth-order valence-electron chi connectivity index (χ4n) is 5.40. The predicted octanol–water partition coefficient (Wildman–Crippen LogP) is 6.79. The van der Waals surface area contributed by atoms with Crippen LogP contribution in [0.3, 0.4) is 0 Å². The van der Waals surface area contributed by atoms with Gasteiger partial charge >= 0.3 is 5.97 Å². The SMILES string of the molecule is CCOC(=O)c1cc(=O)c2ccc(OCCCCCN3CCC(OC(c4ccccc4)c4ccccc4)CC3)cc2o1. The molecule has 0 aliphatic carbocycles. The van der Waals surface area contributed by atoms with Crippen molar-refractivity contribution in [1.82, 2.24) is 4.90 Å². The van der Waals surface area contributed by atoms with Gasteiger partial charge in [-0.05, 0) is 68.8 Å². The molecule has 5 rings (SSSR count). The molecular weight excluding hydrogens is 530 g/mol. The van der Waals surface area contributed by atoms with E-state index in [1.54, 1.807) is 25.1 Å². The molecule has 7 nitrogen and oxygen atoms in total. The van der Waals surface area contributed by atoms with Crippen molar-refractivity contribution < 1.29 is 23.4 Å². The van der Waals surface area contributed by atoms with Gasteiger partial charge in [-0.2, -0.15) is 0 Å². The Morgan fingerprint density at radius 2 is 1.60 bits per heavy atom. The second kappa shape index (κ2) is 14.8. The van der Waals surface area contributed by atoms with E-state index < -0.39 is 5.97 Å². The highest BCUT2D eigenvalue weighted by atomic mass is 16.5. The molecule has 0 radical (unpaired) electrons. The summed E-state index contributed by atoms with van der Waals surface area (Å²) in [6, 6.07) is 27.2. The topological polar surface area (TPSA) is 78.2 Å². The van der Waals surface area contributed by atoms with Gasteiger partial charge in [0.1, 0.15) is 17.4 Å². The average Bonchev–Trinajstić information content (AvgIpc) is 3.03. The van der Waals surface area contributed by atoms with Gasteiger partial charge in [0.15, 0.2) is 5.43 Å². The lowest BCUT2D eigenvalue weighted by atomic mass is 10.00. The van der Waals surface area contributed by atoms with Crippen LogP contribution in [0, 0.1) is 0 Å². The van der Waals surface area contributed by atoms with Gasteiger partial charge in [-0.1, -0.05) is 60.7 Å². The molecule has 3 aromatic carbocycles. The summed E-state index contributed by atoms with van der Waals surface area (Å²) in [7, 11) is 0. The lowest BCUT2D eigenvalue weighted by molar-refractivity contribution is -0.0271. The molecule has 0 saturated carbocycles. The Bertz CT molecular complexity index is 1440. The van der Waals surface area contributed by atoms with E-state index in [1.807, 2.05) is 12.1 Å². The van der Waals surface area contributed by atoms with Crippen LogP contribution in [-0.2, 0) is 9.47 Å². The van der Waals surface area contributed by atoms with E-state index >= 15 is 0 Å². The van der Waals surface area contributed by atoms with Crippen molar-refractivity contribution in [2.45, 2.75) is 51.2 Å². The van der Waals surface area contributed by atoms with E-state index in [0.717, 1.165) is 51.7 Å². The molecular formula is C35H39NO6. The first kappa shape index (κ1) is 29.5. The van der Waals surface area contributed by atoms with Crippen LogP contribution < -0.4 is 10.2 Å². The summed E-state index contributed by atoms with van der Waals surface area (Å²) >= 11 is 0. The average molecular weight is 570 g/mol. The zero-order valence-corrected chi connectivity index (χ0v) is 24.2. The van der Waals surface area contributed by atoms with Crippen molar-refractivity contribution in [3.05, 3.63) is 112 Å². The zero-order valence-electron chi connectivity index (χ0n) is 24.2. The normalized spacial score (nSPS) is 14.3. The number of piperidine rings is 1. The third-order valence-electron chi connectivity index (χ3n) is 7.63. The smallest absolute Gasteiger partial charge is 0.374 e. The number of benzene rings is 3. The summed E-state index contributed by atoms with van der Waals surface area (Å²) in [4.78, 5) is 26.9. The molecule has 42 heavy (non-hydrogen) atoms. The van der Waals surface area contributed by atoms with Gasteiger partial charge in [0, 0.05) is 25.2 Å². The maximum Gasteiger partial charge on any atom is 0.374 e. The van der Waals surface area contributed by atoms with E-state index in [4.69, 9.17) is 18.6 Å². The summed E-state index contributed by atoms with van der Waals surface area (Å²) in [6.07, 6.45) is 5.39. The van der Waals surface area contributed by atoms with E-state index in [2.05, 4.69) is 53.4 Å². The lowest BCUT2D eigenvalue weighted by Crippen LogP contribution is -2.38. The molecule has 1 saturated heterocycles. The van der Waals surface area contributed by atoms with E-state index in [0.29, 0.717) is 23.3 Å². The first-order valence-electron chi connectivity index (χ1n) is 15.0. The maximum atomic E-state index is 12.3. The van der Waals surface area contributed by atoms with Crippen LogP contribution in [0.4, 0.5) is 0 Å². The van der Waals surface area contributed by atoms with Crippen LogP contribution in [0.25, 0.3) is 11.0 Å². The van der Waals surface area contributed by atoms with Crippen LogP contribution >= 0.6 is 0 Å². The number of likely N-dealkylation sites (tertiary alicyclic amines) is 1. The summed E-state index contributed by atoms with van der Waals surface area (Å²) in [6.45, 7) is 5.66. The van der Waals surface area contributed by atoms with E-state index in [-0.39, 0.29) is 30.0 Å². The molecule has 0 bridgehead atoms. The highest BCUT2D eigenvalue weighted by Crippen LogP contribution is 2.30. The van der Waals surface area contributed by atoms with Gasteiger partial charge in [-0.25, -0.2) is 4.79 Å². The number of ether oxygens (including phenoxy) is 3. The number of hydrogen-bond acceptors (Lipinski definition) is 7. The molecule has 1 aromatic heterocycles. The predicted molar refractivity (Wildman–Crippen MR) is 163 cm³/mol. The van der Waals surface area contributed by atoms with E-state index in [9.17, 15) is 9.59 Å². The van der Waals surface area contributed by atoms with Crippen LogP contribution in [0.2, 0.25) is 0 Å². The number of rotatable bonds is 13. The molecule has 220 valence electrons. The fraction of sp³-hybridized carbons (Fsp3) is 0.371. The molecule has 0 N–H and O–H groups in total. The number of esters is 1. The van der Waals surface area contributed by atoms with Gasteiger partial charge in [0.2, 0.25) is 5.76 Å². The lowest BCUT2D eigenvalue weighted by Gasteiger charge is -2.34. The number of hydrogen-bond donors (Lipinski definition) is 0. The number of carbonyl (C=O) groups excluding carboxylic acids is 1. The van der Waals surface area contributed by atoms with Crippen molar-refractivity contribution in [3.8, 4) is 5.75 Å². The van der Waals surface area contributed by atoms with Crippen LogP contribution in [0.15, 0.2) is 94.1 Å². The first-order chi connectivity index (χ1) is 20.6. The summed E-state index contributed by atoms with van der Waals surface area (Å²) < 4.78 is 23.2. The highest BCUT2D eigenvalue weighted by Gasteiger charge is 2.24. The second-order valence-electron chi connectivity index (χ2n) is 10.6. The molecule has 1 fully saturated rings. The Labute approximate surface area is 247 Å². The third-order valence-corrected chi connectivity index (χ3v) is 7.63. The molecule has 1 aliphatic rings. The molecule has 0 spiro atoms. The number of carbonyl (C=O) groups is 1. The van der Waals surface area contributed by atoms with Crippen molar-refractivity contribution in [3.63, 3.8) is 0 Å². The highest BCUT2D eigenvalue weighted by molar-refractivity contribution is 5.89. The van der Waals surface area contributed by atoms with Gasteiger partial charge in [-0.3, -0.25) is 4.79 Å². The maximum absolute atomic E-state index is 12.3. The molecule has 0 atom stereocenters. The largest absolute Gasteiger partial charge is 0.493 e. The van der Waals surface area contributed by atoms with Crippen molar-refractivity contribution in [2.75, 3.05) is 32.8 Å². The van der Waals surface area contributed by atoms with Gasteiger partial charge in [0.05, 0.1) is 24.7 Å². The Balaban J connectivity index is 1.03. The van der Waals surface area contributed by atoms with Gasteiger partial charge < -0.3 is 23.5 Å².